The molecule has 0 aromatic carbocycles. The standard InChI is InChI=1S/BH40P38/c2-24(3)34(25(4)5)22(35(26(6)7)27(8)9)1-23(36(28(10)11)29(12)13)37(38(30(14)15)31(16)17)39(32(18)19)33(20)21/h2-21H2. The molecule has 0 heterocycles. The van der Waals surface area contributed by atoms with Crippen LogP contribution in [0, 0.1) is 0 Å². The van der Waals surface area contributed by atoms with E-state index < -0.39 is 0 Å². The van der Waals surface area contributed by atoms with E-state index in [0.29, 0.717) is 0 Å². The topological polar surface area (TPSA) is 0 Å². The van der Waals surface area contributed by atoms with Crippen molar-refractivity contribution in [3.05, 3.63) is 0 Å². The minimum atomic E-state index is -0.155. The van der Waals surface area contributed by atoms with Crippen molar-refractivity contribution < 1.29 is 0 Å². The Morgan fingerprint density at radius 1 is 0.205 bits per heavy atom. The highest BCUT2D eigenvalue weighted by atomic mass is 33.4. The van der Waals surface area contributed by atoms with Crippen molar-refractivity contribution in [3.8, 4) is 0 Å². The lowest BCUT2D eigenvalue weighted by Crippen LogP contribution is -1.81. The van der Waals surface area contributed by atoms with E-state index in [1.165, 1.54) is 0 Å². The molecule has 21 atom stereocenters. The molecule has 0 spiro atoms. The molecular formula is H40BP38. The Labute approximate surface area is 307 Å². The largest absolute Gasteiger partial charge is 0.207 e. The molecule has 39 heavy (non-hydrogen) atoms. The van der Waals surface area contributed by atoms with E-state index in [-0.39, 0.29) is 126 Å². The SMILES string of the molecule is PP(P)P(P(P)P)P([B]P(P(P(P)P)P(P)P)P(P(P(P)P)P(P)P)P(P(P)P)P(P)P)P(P(P)P)P(P)P. The van der Waals surface area contributed by atoms with Gasteiger partial charge in [0.1, 0.15) is 0 Å². The van der Waals surface area contributed by atoms with Crippen LogP contribution in [0.4, 0.5) is 0 Å². The normalized spacial score (nSPS) is 14.9. The van der Waals surface area contributed by atoms with Gasteiger partial charge in [-0.25, -0.2) is 0 Å². The van der Waals surface area contributed by atoms with Crippen molar-refractivity contribution in [1.29, 1.82) is 0 Å². The van der Waals surface area contributed by atoms with Crippen LogP contribution in [-0.2, 0) is 0 Å². The molecule has 0 saturated heterocycles. The summed E-state index contributed by atoms with van der Waals surface area (Å²) in [5, 5.41) is 0. The van der Waals surface area contributed by atoms with Gasteiger partial charge in [0.2, 0.25) is 6.72 Å². The zero-order valence-corrected chi connectivity index (χ0v) is 59.4. The van der Waals surface area contributed by atoms with Gasteiger partial charge in [-0.15, -0.1) is 179 Å². The highest BCUT2D eigenvalue weighted by molar-refractivity contribution is 9.39. The van der Waals surface area contributed by atoms with Gasteiger partial charge >= 0.3 is 0 Å². The maximum Gasteiger partial charge on any atom is 0.207 e. The molecule has 0 aliphatic carbocycles. The minimum Gasteiger partial charge on any atom is -0.102 e. The molecule has 0 amide bonds. The van der Waals surface area contributed by atoms with Crippen molar-refractivity contribution in [2.45, 2.75) is 0 Å². The van der Waals surface area contributed by atoms with E-state index in [0.717, 1.165) is 0 Å². The molecule has 233 valence electrons. The first-order valence-electron chi connectivity index (χ1n) is 8.88. The van der Waals surface area contributed by atoms with E-state index in [9.17, 15) is 0 Å². The first kappa shape index (κ1) is 55.4. The van der Waals surface area contributed by atoms with E-state index in [4.69, 9.17) is 0 Å². The Hall–Kier alpha value is 16.4. The molecule has 0 aliphatic rings. The van der Waals surface area contributed by atoms with Gasteiger partial charge in [0.15, 0.2) is 0 Å². The van der Waals surface area contributed by atoms with Crippen LogP contribution in [-0.4, -0.2) is 6.72 Å². The van der Waals surface area contributed by atoms with Gasteiger partial charge in [0.05, 0.1) is 0 Å². The van der Waals surface area contributed by atoms with Crippen molar-refractivity contribution in [2.24, 2.45) is 0 Å². The van der Waals surface area contributed by atoms with Gasteiger partial charge in [0.25, 0.3) is 0 Å². The average molecular weight is 1230 g/mol. The summed E-state index contributed by atoms with van der Waals surface area (Å²) in [6, 6.07) is 0. The Kier molecular flexibility index (Phi) is 43.2. The van der Waals surface area contributed by atoms with Crippen molar-refractivity contribution in [1.82, 2.24) is 0 Å². The molecule has 0 aromatic heterocycles. The van der Waals surface area contributed by atoms with Crippen molar-refractivity contribution in [3.63, 3.8) is 0 Å². The van der Waals surface area contributed by atoms with E-state index in [1.807, 2.05) is 0 Å². The number of hydrogen-bond donors (Lipinski definition) is 0. The van der Waals surface area contributed by atoms with Gasteiger partial charge in [-0.2, -0.15) is 0 Å². The lowest BCUT2D eigenvalue weighted by atomic mass is 10.7. The second-order valence-electron chi connectivity index (χ2n) is 6.17. The summed E-state index contributed by atoms with van der Waals surface area (Å²) in [7, 11) is 66.3. The second-order valence-corrected chi connectivity index (χ2v) is 156. The number of rotatable bonds is 18. The van der Waals surface area contributed by atoms with Crippen molar-refractivity contribution >= 4 is 311 Å². The third-order valence-electron chi connectivity index (χ3n) is 3.33. The quantitative estimate of drug-likeness (QED) is 0.0948. The van der Waals surface area contributed by atoms with E-state index in [2.05, 4.69) is 185 Å². The van der Waals surface area contributed by atoms with Gasteiger partial charge in [-0.3, -0.25) is 0 Å². The summed E-state index contributed by atoms with van der Waals surface area (Å²) in [6.07, 6.45) is 0. The highest BCUT2D eigenvalue weighted by Gasteiger charge is 2.49. The van der Waals surface area contributed by atoms with Crippen LogP contribution in [0.15, 0.2) is 0 Å². The summed E-state index contributed by atoms with van der Waals surface area (Å²) in [5.74, 6) is 0. The fraction of sp³-hybridized carbons (Fsp3) is 0. The Morgan fingerprint density at radius 3 is 0.513 bits per heavy atom. The van der Waals surface area contributed by atoms with Crippen LogP contribution in [0.25, 0.3) is 0 Å². The summed E-state index contributed by atoms with van der Waals surface area (Å²) in [5.41, 5.74) is 0. The van der Waals surface area contributed by atoms with Gasteiger partial charge in [-0.1, -0.05) is 14.4 Å². The monoisotopic (exact) mass is 1230 g/mol. The predicted octanol–water partition coefficient (Wildman–Crippen LogP) is 21.6. The smallest absolute Gasteiger partial charge is 0.102 e. The Balaban J connectivity index is 7.68. The molecular weight excluding hydrogens is 1190 g/mol. The summed E-state index contributed by atoms with van der Waals surface area (Å²) >= 11 is 0. The number of hydrogen-bond acceptors (Lipinski definition) is 0. The first-order chi connectivity index (χ1) is 17.7. The summed E-state index contributed by atoms with van der Waals surface area (Å²) < 4.78 is 0. The highest BCUT2D eigenvalue weighted by Crippen LogP contribution is 3.33. The van der Waals surface area contributed by atoms with E-state index >= 15 is 0 Å². The van der Waals surface area contributed by atoms with Gasteiger partial charge in [-0.05, 0) is 112 Å². The zero-order valence-electron chi connectivity index (χ0n) is 20.2. The average Bonchev–Trinajstić information content (AvgIpc) is 2.69. The molecule has 21 unspecified atom stereocenters. The fourth-order valence-electron chi connectivity index (χ4n) is 2.26. The van der Waals surface area contributed by atoms with Crippen LogP contribution >= 0.6 is 305 Å². The van der Waals surface area contributed by atoms with Crippen molar-refractivity contribution in [2.75, 3.05) is 0 Å². The molecule has 0 N–H and O–H groups in total. The minimum absolute atomic E-state index is 0.0423. The third kappa shape index (κ3) is 21.0. The molecule has 0 aromatic rings. The van der Waals surface area contributed by atoms with Gasteiger partial charge in [0, 0.05) is 0 Å². The first-order valence-corrected chi connectivity index (χ1v) is 76.8. The lowest BCUT2D eigenvalue weighted by molar-refractivity contribution is 4.27. The zero-order chi connectivity index (χ0) is 31.1. The van der Waals surface area contributed by atoms with E-state index in [1.54, 1.807) is 0 Å². The van der Waals surface area contributed by atoms with Crippen LogP contribution in [0.2, 0.25) is 0 Å². The molecule has 0 bridgehead atoms. The molecule has 0 aliphatic heterocycles. The fourth-order valence-corrected chi connectivity index (χ4v) is 430. The Morgan fingerprint density at radius 2 is 0.359 bits per heavy atom. The second kappa shape index (κ2) is 30.4. The molecule has 0 saturated carbocycles. The van der Waals surface area contributed by atoms with Gasteiger partial charge < -0.3 is 0 Å². The third-order valence-corrected chi connectivity index (χ3v) is 236. The molecule has 0 rings (SSSR count). The van der Waals surface area contributed by atoms with Crippen LogP contribution in [0.1, 0.15) is 0 Å². The van der Waals surface area contributed by atoms with Crippen LogP contribution < -0.4 is 0 Å². The van der Waals surface area contributed by atoms with Crippen LogP contribution in [0.5, 0.6) is 0 Å². The summed E-state index contributed by atoms with van der Waals surface area (Å²) in [6.45, 7) is 1.74. The molecule has 0 fully saturated rings. The summed E-state index contributed by atoms with van der Waals surface area (Å²) in [4.78, 5) is 0. The van der Waals surface area contributed by atoms with Crippen LogP contribution in [0.3, 0.4) is 0 Å². The molecule has 0 nitrogen and oxygen atoms in total. The predicted molar refractivity (Wildman–Crippen MR) is 325 cm³/mol. The molecule has 39 heteroatoms. The lowest BCUT2D eigenvalue weighted by Gasteiger charge is -2.51. The maximum atomic E-state index is 3.35. The Bertz CT molecular complexity index is 543. The molecule has 1 radical (unpaired) electrons. The maximum absolute atomic E-state index is 3.35.